The van der Waals surface area contributed by atoms with E-state index in [1.807, 2.05) is 6.20 Å². The van der Waals surface area contributed by atoms with Gasteiger partial charge in [0.2, 0.25) is 0 Å². The van der Waals surface area contributed by atoms with Crippen LogP contribution < -0.4 is 0 Å². The van der Waals surface area contributed by atoms with Gasteiger partial charge in [-0.1, -0.05) is 19.9 Å². The highest BCUT2D eigenvalue weighted by molar-refractivity contribution is 7.81. The summed E-state index contributed by atoms with van der Waals surface area (Å²) in [7, 11) is 0. The van der Waals surface area contributed by atoms with E-state index >= 15 is 0 Å². The number of rotatable bonds is 4. The lowest BCUT2D eigenvalue weighted by molar-refractivity contribution is 0.887. The van der Waals surface area contributed by atoms with Crippen LogP contribution in [0.2, 0.25) is 0 Å². The molecule has 3 heteroatoms. The molecule has 1 aromatic rings. The fourth-order valence-corrected chi connectivity index (χ4v) is 1.74. The molecule has 1 heterocycles. The smallest absolute Gasteiger partial charge is 0.0414 e. The monoisotopic (exact) mass is 227 g/mol. The Morgan fingerprint density at radius 2 is 1.79 bits per heavy atom. The van der Waals surface area contributed by atoms with Gasteiger partial charge in [0.25, 0.3) is 0 Å². The van der Waals surface area contributed by atoms with Crippen LogP contribution in [0, 0.1) is 0 Å². The van der Waals surface area contributed by atoms with Gasteiger partial charge >= 0.3 is 0 Å². The zero-order valence-electron chi connectivity index (χ0n) is 8.64. The molecular weight excluding hydrogens is 210 g/mol. The van der Waals surface area contributed by atoms with Gasteiger partial charge in [0.1, 0.15) is 0 Å². The van der Waals surface area contributed by atoms with E-state index in [0.29, 0.717) is 10.5 Å². The Morgan fingerprint density at radius 3 is 2.21 bits per heavy atom. The summed E-state index contributed by atoms with van der Waals surface area (Å²) < 4.78 is 0. The Kier molecular flexibility index (Phi) is 4.82. The predicted molar refractivity (Wildman–Crippen MR) is 68.5 cm³/mol. The van der Waals surface area contributed by atoms with E-state index in [9.17, 15) is 0 Å². The van der Waals surface area contributed by atoms with Crippen LogP contribution in [0.1, 0.15) is 25.1 Å². The van der Waals surface area contributed by atoms with E-state index < -0.39 is 0 Å². The second-order valence-electron chi connectivity index (χ2n) is 3.76. The van der Waals surface area contributed by atoms with Crippen molar-refractivity contribution >= 4 is 25.3 Å². The average Bonchev–Trinajstić information content (AvgIpc) is 2.06. The standard InChI is InChI=1S/C11H17NS2/c1-8(13)5-10-3-4-11(12-7-10)6-9(2)14/h3-4,7-9,13-14H,5-6H2,1-2H3. The van der Waals surface area contributed by atoms with Crippen LogP contribution in [-0.2, 0) is 12.8 Å². The van der Waals surface area contributed by atoms with Crippen molar-refractivity contribution in [1.82, 2.24) is 4.98 Å². The first kappa shape index (κ1) is 11.9. The summed E-state index contributed by atoms with van der Waals surface area (Å²) in [6.07, 6.45) is 3.85. The highest BCUT2D eigenvalue weighted by atomic mass is 32.1. The molecule has 1 rings (SSSR count). The highest BCUT2D eigenvalue weighted by Gasteiger charge is 2.01. The van der Waals surface area contributed by atoms with Gasteiger partial charge in [-0.3, -0.25) is 4.98 Å². The van der Waals surface area contributed by atoms with Crippen molar-refractivity contribution in [2.24, 2.45) is 0 Å². The summed E-state index contributed by atoms with van der Waals surface area (Å²) in [5, 5.41) is 0.767. The van der Waals surface area contributed by atoms with Crippen molar-refractivity contribution in [3.05, 3.63) is 29.6 Å². The summed E-state index contributed by atoms with van der Waals surface area (Å²) in [5.41, 5.74) is 2.37. The summed E-state index contributed by atoms with van der Waals surface area (Å²) in [5.74, 6) is 0. The molecule has 14 heavy (non-hydrogen) atoms. The SMILES string of the molecule is CC(S)Cc1ccc(CC(C)S)nc1. The van der Waals surface area contributed by atoms with E-state index in [2.05, 4.69) is 56.2 Å². The molecule has 78 valence electrons. The molecule has 2 atom stereocenters. The van der Waals surface area contributed by atoms with Crippen molar-refractivity contribution in [1.29, 1.82) is 0 Å². The number of aromatic nitrogens is 1. The molecule has 0 fully saturated rings. The van der Waals surface area contributed by atoms with Gasteiger partial charge in [-0.05, 0) is 18.1 Å². The normalized spacial score (nSPS) is 15.1. The Morgan fingerprint density at radius 1 is 1.14 bits per heavy atom. The molecule has 0 aliphatic carbocycles. The lowest BCUT2D eigenvalue weighted by Crippen LogP contribution is -2.02. The van der Waals surface area contributed by atoms with Crippen LogP contribution in [-0.4, -0.2) is 15.5 Å². The van der Waals surface area contributed by atoms with Gasteiger partial charge in [0.05, 0.1) is 0 Å². The van der Waals surface area contributed by atoms with E-state index in [-0.39, 0.29) is 0 Å². The van der Waals surface area contributed by atoms with Crippen LogP contribution in [0.5, 0.6) is 0 Å². The molecule has 2 unspecified atom stereocenters. The van der Waals surface area contributed by atoms with E-state index in [1.54, 1.807) is 0 Å². The van der Waals surface area contributed by atoms with Crippen molar-refractivity contribution in [3.8, 4) is 0 Å². The predicted octanol–water partition coefficient (Wildman–Crippen LogP) is 2.80. The minimum Gasteiger partial charge on any atom is -0.261 e. The number of hydrogen-bond acceptors (Lipinski definition) is 3. The lowest BCUT2D eigenvalue weighted by atomic mass is 10.1. The van der Waals surface area contributed by atoms with E-state index in [1.165, 1.54) is 5.56 Å². The molecule has 0 radical (unpaired) electrons. The fraction of sp³-hybridized carbons (Fsp3) is 0.545. The third-order valence-corrected chi connectivity index (χ3v) is 2.29. The van der Waals surface area contributed by atoms with Gasteiger partial charge in [-0.15, -0.1) is 0 Å². The van der Waals surface area contributed by atoms with E-state index in [4.69, 9.17) is 0 Å². The van der Waals surface area contributed by atoms with Crippen molar-refractivity contribution < 1.29 is 0 Å². The second kappa shape index (κ2) is 5.66. The van der Waals surface area contributed by atoms with Crippen molar-refractivity contribution in [3.63, 3.8) is 0 Å². The van der Waals surface area contributed by atoms with Crippen LogP contribution in [0.15, 0.2) is 18.3 Å². The second-order valence-corrected chi connectivity index (χ2v) is 5.53. The number of nitrogens with zero attached hydrogens (tertiary/aromatic N) is 1. The Bertz CT molecular complexity index is 238. The molecule has 1 nitrogen and oxygen atoms in total. The molecule has 0 aliphatic rings. The maximum atomic E-state index is 4.39. The molecule has 0 aliphatic heterocycles. The summed E-state index contributed by atoms with van der Waals surface area (Å²) >= 11 is 8.69. The molecule has 0 amide bonds. The first-order valence-electron chi connectivity index (χ1n) is 4.88. The largest absolute Gasteiger partial charge is 0.261 e. The minimum absolute atomic E-state index is 0.372. The summed E-state index contributed by atoms with van der Waals surface area (Å²) in [6, 6.07) is 4.21. The maximum Gasteiger partial charge on any atom is 0.0414 e. The minimum atomic E-state index is 0.372. The molecule has 0 saturated heterocycles. The van der Waals surface area contributed by atoms with Gasteiger partial charge in [0.15, 0.2) is 0 Å². The van der Waals surface area contributed by atoms with Crippen LogP contribution >= 0.6 is 25.3 Å². The van der Waals surface area contributed by atoms with Crippen LogP contribution in [0.25, 0.3) is 0 Å². The Hall–Kier alpha value is -0.150. The van der Waals surface area contributed by atoms with Gasteiger partial charge in [-0.2, -0.15) is 25.3 Å². The number of pyridine rings is 1. The van der Waals surface area contributed by atoms with Gasteiger partial charge in [-0.25, -0.2) is 0 Å². The van der Waals surface area contributed by atoms with Gasteiger partial charge < -0.3 is 0 Å². The van der Waals surface area contributed by atoms with Gasteiger partial charge in [0, 0.05) is 28.8 Å². The van der Waals surface area contributed by atoms with Crippen LogP contribution in [0.4, 0.5) is 0 Å². The summed E-state index contributed by atoms with van der Waals surface area (Å²) in [6.45, 7) is 4.17. The summed E-state index contributed by atoms with van der Waals surface area (Å²) in [4.78, 5) is 4.39. The number of thiol groups is 2. The molecule has 0 spiro atoms. The first-order valence-corrected chi connectivity index (χ1v) is 5.91. The quantitative estimate of drug-likeness (QED) is 0.754. The zero-order valence-corrected chi connectivity index (χ0v) is 10.4. The average molecular weight is 227 g/mol. The zero-order chi connectivity index (χ0) is 10.6. The van der Waals surface area contributed by atoms with Crippen molar-refractivity contribution in [2.75, 3.05) is 0 Å². The third-order valence-electron chi connectivity index (χ3n) is 1.92. The van der Waals surface area contributed by atoms with Crippen molar-refractivity contribution in [2.45, 2.75) is 37.2 Å². The maximum absolute atomic E-state index is 4.39. The molecule has 1 aromatic heterocycles. The first-order chi connectivity index (χ1) is 6.58. The third kappa shape index (κ3) is 4.38. The number of hydrogen-bond donors (Lipinski definition) is 2. The molecule has 0 N–H and O–H groups in total. The molecule has 0 saturated carbocycles. The molecular formula is C11H17NS2. The fourth-order valence-electron chi connectivity index (χ4n) is 1.34. The van der Waals surface area contributed by atoms with Crippen LogP contribution in [0.3, 0.4) is 0 Å². The highest BCUT2D eigenvalue weighted by Crippen LogP contribution is 2.09. The topological polar surface area (TPSA) is 12.9 Å². The Labute approximate surface area is 97.2 Å². The molecule has 0 aromatic carbocycles. The van der Waals surface area contributed by atoms with E-state index in [0.717, 1.165) is 18.5 Å². The molecule has 0 bridgehead atoms. The lowest BCUT2D eigenvalue weighted by Gasteiger charge is -2.06. The Balaban J connectivity index is 2.59.